The van der Waals surface area contributed by atoms with Crippen molar-refractivity contribution in [3.8, 4) is 5.75 Å². The summed E-state index contributed by atoms with van der Waals surface area (Å²) in [6.45, 7) is 2.26. The van der Waals surface area contributed by atoms with Crippen LogP contribution in [0.25, 0.3) is 0 Å². The number of hydrogen-bond donors (Lipinski definition) is 1. The Kier molecular flexibility index (Phi) is 4.13. The maximum Gasteiger partial charge on any atom is 0.315 e. The molecule has 1 aromatic rings. The van der Waals surface area contributed by atoms with Gasteiger partial charge < -0.3 is 10.5 Å². The molecular weight excluding hydrogens is 178 g/mol. The van der Waals surface area contributed by atoms with Crippen LogP contribution in [-0.4, -0.2) is 12.5 Å². The van der Waals surface area contributed by atoms with Gasteiger partial charge in [-0.05, 0) is 18.6 Å². The Morgan fingerprint density at radius 2 is 2.07 bits per heavy atom. The van der Waals surface area contributed by atoms with Crippen LogP contribution in [0.3, 0.4) is 0 Å². The lowest BCUT2D eigenvalue weighted by Crippen LogP contribution is -2.26. The summed E-state index contributed by atoms with van der Waals surface area (Å²) in [5.41, 5.74) is 5.44. The third kappa shape index (κ3) is 2.85. The first-order valence-electron chi connectivity index (χ1n) is 4.74. The van der Waals surface area contributed by atoms with E-state index in [0.717, 1.165) is 0 Å². The highest BCUT2D eigenvalue weighted by molar-refractivity contribution is 5.75. The zero-order valence-electron chi connectivity index (χ0n) is 8.27. The molecule has 0 radical (unpaired) electrons. The molecule has 14 heavy (non-hydrogen) atoms. The summed E-state index contributed by atoms with van der Waals surface area (Å²) in [5, 5.41) is 0. The predicted molar refractivity (Wildman–Crippen MR) is 54.9 cm³/mol. The Labute approximate surface area is 83.9 Å². The molecule has 2 N–H and O–H groups in total. The number of para-hydroxylation sites is 1. The fourth-order valence-corrected chi connectivity index (χ4v) is 1.12. The second-order valence-electron chi connectivity index (χ2n) is 3.08. The Hall–Kier alpha value is -1.35. The van der Waals surface area contributed by atoms with Gasteiger partial charge >= 0.3 is 5.97 Å². The lowest BCUT2D eigenvalue weighted by molar-refractivity contribution is -0.138. The first-order chi connectivity index (χ1) is 6.77. The summed E-state index contributed by atoms with van der Waals surface area (Å²) >= 11 is 0. The standard InChI is InChI=1S/C11H15NO2/c1-2-9(8-12)11(13)14-10-6-4-3-5-7-10/h3-7,9H,2,8,12H2,1H3. The molecular formula is C11H15NO2. The minimum Gasteiger partial charge on any atom is -0.426 e. The van der Waals surface area contributed by atoms with Crippen molar-refractivity contribution in [2.24, 2.45) is 11.7 Å². The van der Waals surface area contributed by atoms with Crippen LogP contribution < -0.4 is 10.5 Å². The first kappa shape index (κ1) is 10.7. The topological polar surface area (TPSA) is 52.3 Å². The SMILES string of the molecule is CCC(CN)C(=O)Oc1ccccc1. The first-order valence-corrected chi connectivity index (χ1v) is 4.74. The van der Waals surface area contributed by atoms with E-state index in [1.807, 2.05) is 25.1 Å². The number of ether oxygens (including phenoxy) is 1. The molecule has 0 saturated carbocycles. The van der Waals surface area contributed by atoms with Crippen LogP contribution in [0.4, 0.5) is 0 Å². The van der Waals surface area contributed by atoms with Gasteiger partial charge in [-0.15, -0.1) is 0 Å². The number of carbonyl (C=O) groups is 1. The van der Waals surface area contributed by atoms with Gasteiger partial charge in [0.2, 0.25) is 0 Å². The highest BCUT2D eigenvalue weighted by atomic mass is 16.5. The van der Waals surface area contributed by atoms with Gasteiger partial charge in [-0.1, -0.05) is 25.1 Å². The molecule has 0 aromatic heterocycles. The number of hydrogen-bond acceptors (Lipinski definition) is 3. The van der Waals surface area contributed by atoms with E-state index in [1.54, 1.807) is 12.1 Å². The Morgan fingerprint density at radius 1 is 1.43 bits per heavy atom. The van der Waals surface area contributed by atoms with E-state index >= 15 is 0 Å². The minimum atomic E-state index is -0.249. The van der Waals surface area contributed by atoms with E-state index < -0.39 is 0 Å². The van der Waals surface area contributed by atoms with Gasteiger partial charge in [-0.25, -0.2) is 0 Å². The summed E-state index contributed by atoms with van der Waals surface area (Å²) in [4.78, 5) is 11.5. The molecule has 1 rings (SSSR count). The third-order valence-electron chi connectivity index (χ3n) is 2.07. The van der Waals surface area contributed by atoms with Crippen molar-refractivity contribution in [3.05, 3.63) is 30.3 Å². The van der Waals surface area contributed by atoms with Crippen LogP contribution >= 0.6 is 0 Å². The second kappa shape index (κ2) is 5.40. The van der Waals surface area contributed by atoms with E-state index in [-0.39, 0.29) is 11.9 Å². The van der Waals surface area contributed by atoms with Gasteiger partial charge in [0.05, 0.1) is 5.92 Å². The molecule has 0 aliphatic heterocycles. The maximum absolute atomic E-state index is 11.5. The molecule has 3 nitrogen and oxygen atoms in total. The number of benzene rings is 1. The fourth-order valence-electron chi connectivity index (χ4n) is 1.12. The highest BCUT2D eigenvalue weighted by Crippen LogP contribution is 2.12. The summed E-state index contributed by atoms with van der Waals surface area (Å²) in [7, 11) is 0. The molecule has 76 valence electrons. The van der Waals surface area contributed by atoms with Crippen molar-refractivity contribution in [3.63, 3.8) is 0 Å². The number of esters is 1. The average molecular weight is 193 g/mol. The maximum atomic E-state index is 11.5. The third-order valence-corrected chi connectivity index (χ3v) is 2.07. The summed E-state index contributed by atoms with van der Waals surface area (Å²) in [6.07, 6.45) is 0.710. The molecule has 0 saturated heterocycles. The van der Waals surface area contributed by atoms with E-state index in [9.17, 15) is 4.79 Å². The van der Waals surface area contributed by atoms with Crippen molar-refractivity contribution >= 4 is 5.97 Å². The van der Waals surface area contributed by atoms with Crippen LogP contribution in [0.2, 0.25) is 0 Å². The van der Waals surface area contributed by atoms with Crippen LogP contribution in [-0.2, 0) is 4.79 Å². The second-order valence-corrected chi connectivity index (χ2v) is 3.08. The van der Waals surface area contributed by atoms with Crippen molar-refractivity contribution < 1.29 is 9.53 Å². The monoisotopic (exact) mass is 193 g/mol. The number of carbonyl (C=O) groups excluding carboxylic acids is 1. The van der Waals surface area contributed by atoms with E-state index in [4.69, 9.17) is 10.5 Å². The quantitative estimate of drug-likeness (QED) is 0.583. The molecule has 1 unspecified atom stereocenters. The smallest absolute Gasteiger partial charge is 0.315 e. The highest BCUT2D eigenvalue weighted by Gasteiger charge is 2.16. The largest absolute Gasteiger partial charge is 0.426 e. The Balaban J connectivity index is 2.57. The van der Waals surface area contributed by atoms with E-state index in [2.05, 4.69) is 0 Å². The molecule has 0 amide bonds. The van der Waals surface area contributed by atoms with Crippen molar-refractivity contribution in [2.45, 2.75) is 13.3 Å². The Bertz CT molecular complexity index is 281. The lowest BCUT2D eigenvalue weighted by atomic mass is 10.1. The average Bonchev–Trinajstić information content (AvgIpc) is 2.21. The zero-order chi connectivity index (χ0) is 10.4. The summed E-state index contributed by atoms with van der Waals surface area (Å²) in [6, 6.07) is 9.03. The van der Waals surface area contributed by atoms with Gasteiger partial charge in [0.15, 0.2) is 0 Å². The fraction of sp³-hybridized carbons (Fsp3) is 0.364. The minimum absolute atomic E-state index is 0.199. The molecule has 0 bridgehead atoms. The van der Waals surface area contributed by atoms with Gasteiger partial charge in [-0.2, -0.15) is 0 Å². The van der Waals surface area contributed by atoms with Gasteiger partial charge in [0.25, 0.3) is 0 Å². The number of rotatable bonds is 4. The zero-order valence-corrected chi connectivity index (χ0v) is 8.27. The predicted octanol–water partition coefficient (Wildman–Crippen LogP) is 1.58. The van der Waals surface area contributed by atoms with Gasteiger partial charge in [0.1, 0.15) is 5.75 Å². The number of nitrogens with two attached hydrogens (primary N) is 1. The molecule has 0 fully saturated rings. The normalized spacial score (nSPS) is 12.1. The lowest BCUT2D eigenvalue weighted by Gasteiger charge is -2.10. The molecule has 0 spiro atoms. The van der Waals surface area contributed by atoms with Crippen molar-refractivity contribution in [2.75, 3.05) is 6.54 Å². The van der Waals surface area contributed by atoms with Crippen LogP contribution in [0, 0.1) is 5.92 Å². The van der Waals surface area contributed by atoms with Gasteiger partial charge in [0, 0.05) is 6.54 Å². The molecule has 1 aromatic carbocycles. The molecule has 0 aliphatic carbocycles. The summed E-state index contributed by atoms with van der Waals surface area (Å²) < 4.78 is 5.14. The summed E-state index contributed by atoms with van der Waals surface area (Å²) in [5.74, 6) is 0.126. The van der Waals surface area contributed by atoms with Crippen LogP contribution in [0.15, 0.2) is 30.3 Å². The van der Waals surface area contributed by atoms with Crippen molar-refractivity contribution in [1.29, 1.82) is 0 Å². The molecule has 3 heteroatoms. The van der Waals surface area contributed by atoms with E-state index in [1.165, 1.54) is 0 Å². The van der Waals surface area contributed by atoms with E-state index in [0.29, 0.717) is 18.7 Å². The molecule has 0 aliphatic rings. The molecule has 1 atom stereocenters. The van der Waals surface area contributed by atoms with Crippen LogP contribution in [0.5, 0.6) is 5.75 Å². The van der Waals surface area contributed by atoms with Crippen molar-refractivity contribution in [1.82, 2.24) is 0 Å². The van der Waals surface area contributed by atoms with Crippen LogP contribution in [0.1, 0.15) is 13.3 Å². The van der Waals surface area contributed by atoms with Gasteiger partial charge in [-0.3, -0.25) is 4.79 Å². The molecule has 0 heterocycles. The Morgan fingerprint density at radius 3 is 2.57 bits per heavy atom.